The summed E-state index contributed by atoms with van der Waals surface area (Å²) in [4.78, 5) is 40.6. The lowest BCUT2D eigenvalue weighted by Gasteiger charge is -2.49. The van der Waals surface area contributed by atoms with Gasteiger partial charge in [-0.25, -0.2) is 4.79 Å². The largest absolute Gasteiger partial charge is 0.504 e. The number of aliphatic hydroxyl groups excluding tert-OH is 2. The molecule has 4 aliphatic rings. The predicted molar refractivity (Wildman–Crippen MR) is 205 cm³/mol. The second kappa shape index (κ2) is 19.8. The Balaban J connectivity index is 1.48. The minimum atomic E-state index is -1.10. The van der Waals surface area contributed by atoms with Gasteiger partial charge in [-0.2, -0.15) is 0 Å². The van der Waals surface area contributed by atoms with Crippen LogP contribution in [0.5, 0.6) is 11.5 Å². The Morgan fingerprint density at radius 2 is 1.69 bits per heavy atom. The number of nitrogens with one attached hydrogen (secondary N) is 3. The molecular formula is C42H67N3O9. The first-order valence-electron chi connectivity index (χ1n) is 20.8. The molecule has 1 amide bonds. The molecule has 5 rings (SSSR count). The third-order valence-corrected chi connectivity index (χ3v) is 13.0. The summed E-state index contributed by atoms with van der Waals surface area (Å²) in [5.41, 5.74) is -0.763. The maximum Gasteiger partial charge on any atom is 0.332 e. The van der Waals surface area contributed by atoms with E-state index in [0.717, 1.165) is 37.7 Å². The Morgan fingerprint density at radius 3 is 2.39 bits per heavy atom. The number of carbonyl (C=O) groups is 3. The van der Waals surface area contributed by atoms with Crippen molar-refractivity contribution in [2.75, 3.05) is 26.7 Å². The van der Waals surface area contributed by atoms with Crippen LogP contribution in [0.15, 0.2) is 18.2 Å². The van der Waals surface area contributed by atoms with Gasteiger partial charge in [0.25, 0.3) is 0 Å². The van der Waals surface area contributed by atoms with Crippen molar-refractivity contribution in [2.24, 2.45) is 17.3 Å². The maximum absolute atomic E-state index is 14.8. The summed E-state index contributed by atoms with van der Waals surface area (Å²) in [6.45, 7) is 5.02. The standard InChI is InChI=1S/C42H67N3O9/c1-28(46)11-13-31(14-16-34(48)27-44-33-9-4-5-10-33)36(53-29(2)47)25-38(54-40(51)42-19-7-6-8-32(42)15-18-39(50)45-42)41(20-22-43-23-21-41)26-30-12-17-35(49)37(24-30)52-3/h12,17,24,28,31-34,36,38,43-44,46,48-49H,4-11,13-16,18-23,25-27H2,1-3H3,(H,45,50)/t28-,31+,32-,34-,36-,38+,42-/m0/s1. The summed E-state index contributed by atoms with van der Waals surface area (Å²) in [5.74, 6) is -0.818. The molecule has 0 unspecified atom stereocenters. The first-order valence-corrected chi connectivity index (χ1v) is 20.8. The fraction of sp³-hybridized carbons (Fsp3) is 0.786. The molecule has 304 valence electrons. The lowest BCUT2D eigenvalue weighted by molar-refractivity contribution is -0.179. The van der Waals surface area contributed by atoms with Gasteiger partial charge in [0, 0.05) is 37.8 Å². The number of carbonyl (C=O) groups excluding carboxylic acids is 3. The normalized spacial score (nSPS) is 25.7. The number of methoxy groups -OCH3 is 1. The van der Waals surface area contributed by atoms with Gasteiger partial charge in [-0.3, -0.25) is 9.59 Å². The second-order valence-corrected chi connectivity index (χ2v) is 16.9. The van der Waals surface area contributed by atoms with Crippen molar-refractivity contribution in [1.82, 2.24) is 16.0 Å². The highest BCUT2D eigenvalue weighted by molar-refractivity contribution is 5.90. The predicted octanol–water partition coefficient (Wildman–Crippen LogP) is 4.84. The minimum Gasteiger partial charge on any atom is -0.504 e. The molecule has 0 bridgehead atoms. The number of aliphatic hydroxyl groups is 2. The molecule has 2 aliphatic heterocycles. The van der Waals surface area contributed by atoms with Crippen LogP contribution < -0.4 is 20.7 Å². The van der Waals surface area contributed by atoms with Crippen LogP contribution in [0.2, 0.25) is 0 Å². The van der Waals surface area contributed by atoms with E-state index in [1.54, 1.807) is 13.0 Å². The lowest BCUT2D eigenvalue weighted by atomic mass is 9.66. The van der Waals surface area contributed by atoms with Crippen molar-refractivity contribution in [3.05, 3.63) is 23.8 Å². The van der Waals surface area contributed by atoms with Gasteiger partial charge >= 0.3 is 11.9 Å². The monoisotopic (exact) mass is 757 g/mol. The van der Waals surface area contributed by atoms with Crippen molar-refractivity contribution in [3.63, 3.8) is 0 Å². The lowest BCUT2D eigenvalue weighted by Crippen LogP contribution is -2.65. The molecule has 2 heterocycles. The van der Waals surface area contributed by atoms with Crippen LogP contribution in [0.1, 0.15) is 129 Å². The van der Waals surface area contributed by atoms with Gasteiger partial charge in [0.1, 0.15) is 17.7 Å². The molecule has 0 radical (unpaired) electrons. The van der Waals surface area contributed by atoms with E-state index in [0.29, 0.717) is 95.6 Å². The van der Waals surface area contributed by atoms with E-state index in [4.69, 9.17) is 14.2 Å². The van der Waals surface area contributed by atoms with Crippen LogP contribution >= 0.6 is 0 Å². The Morgan fingerprint density at radius 1 is 0.963 bits per heavy atom. The minimum absolute atomic E-state index is 0.00943. The maximum atomic E-state index is 14.8. The molecule has 1 aromatic carbocycles. The SMILES string of the molecule is COc1cc(CC2([C@@H](C[C@H](OC(C)=O)[C@@H](CC[C@H](O)CNC3CCCC3)CC[C@H](C)O)OC(=O)[C@]34CCCC[C@H]3CCC(=O)N4)CCNCC2)ccc1O. The van der Waals surface area contributed by atoms with Crippen molar-refractivity contribution >= 4 is 17.8 Å². The zero-order valence-corrected chi connectivity index (χ0v) is 32.9. The van der Waals surface area contributed by atoms with Crippen LogP contribution in [0, 0.1) is 17.3 Å². The molecular weight excluding hydrogens is 690 g/mol. The fourth-order valence-electron chi connectivity index (χ4n) is 9.84. The highest BCUT2D eigenvalue weighted by Gasteiger charge is 2.54. The topological polar surface area (TPSA) is 176 Å². The van der Waals surface area contributed by atoms with Crippen LogP contribution in [0.25, 0.3) is 0 Å². The van der Waals surface area contributed by atoms with E-state index in [1.807, 2.05) is 12.1 Å². The van der Waals surface area contributed by atoms with Crippen LogP contribution in [0.3, 0.4) is 0 Å². The number of phenols is 1. The van der Waals surface area contributed by atoms with Crippen molar-refractivity contribution < 1.29 is 43.9 Å². The first kappa shape index (κ1) is 42.2. The van der Waals surface area contributed by atoms with Crippen LogP contribution in [-0.4, -0.2) is 95.9 Å². The fourth-order valence-corrected chi connectivity index (χ4v) is 9.84. The Kier molecular flexibility index (Phi) is 15.5. The smallest absolute Gasteiger partial charge is 0.332 e. The quantitative estimate of drug-likeness (QED) is 0.107. The average Bonchev–Trinajstić information content (AvgIpc) is 3.68. The third kappa shape index (κ3) is 11.1. The number of piperidine rings is 2. The number of hydrogen-bond acceptors (Lipinski definition) is 11. The number of benzene rings is 1. The highest BCUT2D eigenvalue weighted by atomic mass is 16.6. The second-order valence-electron chi connectivity index (χ2n) is 16.9. The van der Waals surface area contributed by atoms with E-state index >= 15 is 0 Å². The van der Waals surface area contributed by atoms with Crippen molar-refractivity contribution in [3.8, 4) is 11.5 Å². The molecule has 6 N–H and O–H groups in total. The van der Waals surface area contributed by atoms with Crippen molar-refractivity contribution in [2.45, 2.75) is 165 Å². The molecule has 2 aliphatic carbocycles. The summed E-state index contributed by atoms with van der Waals surface area (Å²) in [7, 11) is 1.51. The van der Waals surface area contributed by atoms with Gasteiger partial charge < -0.3 is 45.5 Å². The molecule has 0 aromatic heterocycles. The van der Waals surface area contributed by atoms with Gasteiger partial charge in [-0.15, -0.1) is 0 Å². The van der Waals surface area contributed by atoms with Crippen LogP contribution in [-0.2, 0) is 30.3 Å². The van der Waals surface area contributed by atoms with Gasteiger partial charge in [-0.05, 0) is 127 Å². The zero-order valence-electron chi connectivity index (χ0n) is 32.9. The summed E-state index contributed by atoms with van der Waals surface area (Å²) in [6, 6.07) is 5.74. The number of amides is 1. The van der Waals surface area contributed by atoms with Crippen LogP contribution in [0.4, 0.5) is 0 Å². The van der Waals surface area contributed by atoms with Gasteiger partial charge in [-0.1, -0.05) is 31.7 Å². The first-order chi connectivity index (χ1) is 25.9. The van der Waals surface area contributed by atoms with E-state index in [9.17, 15) is 29.7 Å². The summed E-state index contributed by atoms with van der Waals surface area (Å²) >= 11 is 0. The van der Waals surface area contributed by atoms with Crippen molar-refractivity contribution in [1.29, 1.82) is 0 Å². The molecule has 4 fully saturated rings. The highest BCUT2D eigenvalue weighted by Crippen LogP contribution is 2.46. The summed E-state index contributed by atoms with van der Waals surface area (Å²) < 4.78 is 18.5. The summed E-state index contributed by atoms with van der Waals surface area (Å²) in [6.07, 6.45) is 10.6. The number of rotatable bonds is 19. The average molecular weight is 758 g/mol. The van der Waals surface area contributed by atoms with Gasteiger partial charge in [0.2, 0.25) is 5.91 Å². The number of ether oxygens (including phenoxy) is 3. The number of hydrogen-bond donors (Lipinski definition) is 6. The number of aromatic hydroxyl groups is 1. The number of fused-ring (bicyclic) bond motifs is 1. The molecule has 12 heteroatoms. The molecule has 0 spiro atoms. The van der Waals surface area contributed by atoms with E-state index in [1.165, 1.54) is 26.9 Å². The Hall–Kier alpha value is -2.93. The van der Waals surface area contributed by atoms with E-state index in [-0.39, 0.29) is 29.9 Å². The molecule has 2 saturated carbocycles. The van der Waals surface area contributed by atoms with E-state index in [2.05, 4.69) is 16.0 Å². The van der Waals surface area contributed by atoms with Gasteiger partial charge in [0.05, 0.1) is 19.3 Å². The molecule has 1 aromatic rings. The molecule has 54 heavy (non-hydrogen) atoms. The molecule has 12 nitrogen and oxygen atoms in total. The summed E-state index contributed by atoms with van der Waals surface area (Å²) in [5, 5.41) is 42.0. The number of esters is 2. The zero-order chi connectivity index (χ0) is 38.7. The van der Waals surface area contributed by atoms with E-state index < -0.39 is 47.3 Å². The number of phenolic OH excluding ortho intramolecular Hbond substituents is 1. The Bertz CT molecular complexity index is 1380. The molecule has 7 atom stereocenters. The van der Waals surface area contributed by atoms with Gasteiger partial charge in [0.15, 0.2) is 11.5 Å². The Labute approximate surface area is 321 Å². The molecule has 2 saturated heterocycles. The third-order valence-electron chi connectivity index (χ3n) is 13.0.